The molecule has 0 fully saturated rings. The van der Waals surface area contributed by atoms with Gasteiger partial charge in [-0.2, -0.15) is 23.0 Å². The SMILES string of the molecule is Cc1ccc([N+](=O)[O-])cc1S(=O)(=O)N(C)/N=C\c1cnn2ccc(O)cc12. The van der Waals surface area contributed by atoms with E-state index < -0.39 is 14.9 Å². The highest BCUT2D eigenvalue weighted by molar-refractivity contribution is 7.89. The third-order valence-corrected chi connectivity index (χ3v) is 5.69. The molecule has 0 aliphatic carbocycles. The van der Waals surface area contributed by atoms with Gasteiger partial charge in [-0.25, -0.2) is 4.52 Å². The van der Waals surface area contributed by atoms with Gasteiger partial charge in [0, 0.05) is 37.0 Å². The summed E-state index contributed by atoms with van der Waals surface area (Å²) < 4.78 is 27.7. The number of aromatic nitrogens is 2. The van der Waals surface area contributed by atoms with Crippen molar-refractivity contribution in [1.82, 2.24) is 14.0 Å². The summed E-state index contributed by atoms with van der Waals surface area (Å²) in [4.78, 5) is 10.1. The van der Waals surface area contributed by atoms with Crippen LogP contribution >= 0.6 is 0 Å². The summed E-state index contributed by atoms with van der Waals surface area (Å²) in [6.07, 6.45) is 4.30. The fourth-order valence-electron chi connectivity index (χ4n) is 2.42. The number of aryl methyl sites for hydroxylation is 1. The van der Waals surface area contributed by atoms with E-state index in [2.05, 4.69) is 10.2 Å². The molecule has 140 valence electrons. The van der Waals surface area contributed by atoms with Crippen LogP contribution in [0.4, 0.5) is 5.69 Å². The van der Waals surface area contributed by atoms with Gasteiger partial charge >= 0.3 is 0 Å². The highest BCUT2D eigenvalue weighted by atomic mass is 32.2. The van der Waals surface area contributed by atoms with Crippen LogP contribution in [0.1, 0.15) is 11.1 Å². The summed E-state index contributed by atoms with van der Waals surface area (Å²) in [5.41, 5.74) is 1.07. The second kappa shape index (κ2) is 6.68. The van der Waals surface area contributed by atoms with Gasteiger partial charge < -0.3 is 5.11 Å². The molecule has 0 saturated heterocycles. The van der Waals surface area contributed by atoms with Gasteiger partial charge in [-0.1, -0.05) is 6.07 Å². The monoisotopic (exact) mass is 389 g/mol. The number of sulfonamides is 1. The van der Waals surface area contributed by atoms with E-state index in [0.29, 0.717) is 16.6 Å². The number of hydrogen-bond acceptors (Lipinski definition) is 7. The number of rotatable bonds is 5. The predicted molar refractivity (Wildman–Crippen MR) is 97.2 cm³/mol. The number of nitrogens with zero attached hydrogens (tertiary/aromatic N) is 5. The lowest BCUT2D eigenvalue weighted by atomic mass is 10.2. The molecule has 0 aliphatic rings. The highest BCUT2D eigenvalue weighted by Gasteiger charge is 2.24. The minimum atomic E-state index is -4.09. The van der Waals surface area contributed by atoms with E-state index in [1.54, 1.807) is 13.1 Å². The second-order valence-electron chi connectivity index (χ2n) is 5.71. The Kier molecular flexibility index (Phi) is 4.54. The Morgan fingerprint density at radius 1 is 1.33 bits per heavy atom. The first kappa shape index (κ1) is 18.3. The zero-order chi connectivity index (χ0) is 19.8. The molecule has 0 bridgehead atoms. The molecule has 2 heterocycles. The van der Waals surface area contributed by atoms with Crippen molar-refractivity contribution in [2.24, 2.45) is 5.10 Å². The first-order valence-electron chi connectivity index (χ1n) is 7.64. The maximum Gasteiger partial charge on any atom is 0.279 e. The van der Waals surface area contributed by atoms with Crippen molar-refractivity contribution in [3.63, 3.8) is 0 Å². The van der Waals surface area contributed by atoms with E-state index in [9.17, 15) is 23.6 Å². The smallest absolute Gasteiger partial charge is 0.279 e. The van der Waals surface area contributed by atoms with Gasteiger partial charge in [0.15, 0.2) is 0 Å². The first-order valence-corrected chi connectivity index (χ1v) is 9.08. The van der Waals surface area contributed by atoms with Crippen LogP contribution in [-0.4, -0.2) is 45.7 Å². The van der Waals surface area contributed by atoms with Crippen molar-refractivity contribution in [3.05, 3.63) is 64.0 Å². The molecule has 10 nitrogen and oxygen atoms in total. The normalized spacial score (nSPS) is 11.9. The van der Waals surface area contributed by atoms with Crippen molar-refractivity contribution in [2.75, 3.05) is 7.05 Å². The molecule has 0 atom stereocenters. The summed E-state index contributed by atoms with van der Waals surface area (Å²) in [5, 5.41) is 28.5. The third kappa shape index (κ3) is 3.44. The van der Waals surface area contributed by atoms with Gasteiger partial charge in [0.25, 0.3) is 15.7 Å². The molecule has 0 saturated carbocycles. The van der Waals surface area contributed by atoms with Crippen molar-refractivity contribution in [2.45, 2.75) is 11.8 Å². The predicted octanol–water partition coefficient (Wildman–Crippen LogP) is 1.91. The number of benzene rings is 1. The molecule has 0 unspecified atom stereocenters. The number of hydrogen-bond donors (Lipinski definition) is 1. The summed E-state index contributed by atoms with van der Waals surface area (Å²) in [6.45, 7) is 1.54. The third-order valence-electron chi connectivity index (χ3n) is 3.90. The zero-order valence-electron chi connectivity index (χ0n) is 14.3. The number of non-ortho nitro benzene ring substituents is 1. The fraction of sp³-hybridized carbons (Fsp3) is 0.125. The number of nitro groups is 1. The maximum absolute atomic E-state index is 12.7. The van der Waals surface area contributed by atoms with Crippen molar-refractivity contribution >= 4 is 27.4 Å². The number of pyridine rings is 1. The van der Waals surface area contributed by atoms with Crippen molar-refractivity contribution in [3.8, 4) is 5.75 Å². The van der Waals surface area contributed by atoms with E-state index >= 15 is 0 Å². The number of nitro benzene ring substituents is 1. The summed E-state index contributed by atoms with van der Waals surface area (Å²) in [7, 11) is -2.86. The van der Waals surface area contributed by atoms with Gasteiger partial charge in [0.2, 0.25) is 0 Å². The largest absolute Gasteiger partial charge is 0.508 e. The molecule has 11 heteroatoms. The van der Waals surface area contributed by atoms with Crippen LogP contribution < -0.4 is 0 Å². The zero-order valence-corrected chi connectivity index (χ0v) is 15.2. The van der Waals surface area contributed by atoms with E-state index in [0.717, 1.165) is 10.5 Å². The lowest BCUT2D eigenvalue weighted by Gasteiger charge is -2.15. The number of aromatic hydroxyl groups is 1. The Hall–Kier alpha value is -3.47. The molecule has 0 radical (unpaired) electrons. The quantitative estimate of drug-likeness (QED) is 0.403. The molecule has 27 heavy (non-hydrogen) atoms. The van der Waals surface area contributed by atoms with Crippen LogP contribution in [0.2, 0.25) is 0 Å². The Morgan fingerprint density at radius 3 is 2.78 bits per heavy atom. The minimum absolute atomic E-state index is 0.0332. The summed E-state index contributed by atoms with van der Waals surface area (Å²) in [6, 6.07) is 6.54. The molecule has 2 aromatic heterocycles. The van der Waals surface area contributed by atoms with E-state index in [-0.39, 0.29) is 16.3 Å². The van der Waals surface area contributed by atoms with Crippen LogP contribution in [-0.2, 0) is 10.0 Å². The molecule has 1 aromatic carbocycles. The average molecular weight is 389 g/mol. The van der Waals surface area contributed by atoms with Gasteiger partial charge in [0.1, 0.15) is 5.75 Å². The number of fused-ring (bicyclic) bond motifs is 1. The van der Waals surface area contributed by atoms with Crippen molar-refractivity contribution in [1.29, 1.82) is 0 Å². The Bertz CT molecular complexity index is 1170. The van der Waals surface area contributed by atoms with Gasteiger partial charge in [-0.05, 0) is 18.6 Å². The maximum atomic E-state index is 12.7. The average Bonchev–Trinajstić information content (AvgIpc) is 3.01. The Balaban J connectivity index is 1.96. The van der Waals surface area contributed by atoms with Crippen LogP contribution in [0.3, 0.4) is 0 Å². The van der Waals surface area contributed by atoms with Crippen LogP contribution in [0, 0.1) is 17.0 Å². The lowest BCUT2D eigenvalue weighted by Crippen LogP contribution is -2.22. The molecule has 0 aliphatic heterocycles. The van der Waals surface area contributed by atoms with E-state index in [1.807, 2.05) is 0 Å². The first-order chi connectivity index (χ1) is 12.7. The van der Waals surface area contributed by atoms with Crippen LogP contribution in [0.25, 0.3) is 5.52 Å². The summed E-state index contributed by atoms with van der Waals surface area (Å²) >= 11 is 0. The summed E-state index contributed by atoms with van der Waals surface area (Å²) in [5.74, 6) is 0.0332. The van der Waals surface area contributed by atoms with Crippen molar-refractivity contribution < 1.29 is 18.4 Å². The molecule has 1 N–H and O–H groups in total. The molecule has 0 spiro atoms. The molecule has 0 amide bonds. The van der Waals surface area contributed by atoms with E-state index in [4.69, 9.17) is 0 Å². The molecule has 3 rings (SSSR count). The number of hydrazone groups is 1. The van der Waals surface area contributed by atoms with Gasteiger partial charge in [-0.3, -0.25) is 10.1 Å². The van der Waals surface area contributed by atoms with Gasteiger partial charge in [0.05, 0.1) is 27.7 Å². The second-order valence-corrected chi connectivity index (χ2v) is 7.62. The fourth-order valence-corrected chi connectivity index (χ4v) is 3.62. The topological polar surface area (TPSA) is 130 Å². The molecular weight excluding hydrogens is 374 g/mol. The van der Waals surface area contributed by atoms with E-state index in [1.165, 1.54) is 48.2 Å². The van der Waals surface area contributed by atoms with Gasteiger partial charge in [-0.15, -0.1) is 0 Å². The standard InChI is InChI=1S/C16H15N5O5S/c1-11-3-4-13(21(23)24)7-16(11)27(25,26)19(2)17-9-12-10-18-20-6-5-14(22)8-15(12)20/h3-10,22H,1-2H3/b17-9-. The highest BCUT2D eigenvalue weighted by Crippen LogP contribution is 2.24. The molecule has 3 aromatic rings. The minimum Gasteiger partial charge on any atom is -0.508 e. The van der Waals surface area contributed by atoms with Crippen LogP contribution in [0.15, 0.2) is 52.7 Å². The molecular formula is C16H15N5O5S. The van der Waals surface area contributed by atoms with Crippen LogP contribution in [0.5, 0.6) is 5.75 Å². The Morgan fingerprint density at radius 2 is 2.07 bits per heavy atom. The Labute approximate surface area is 154 Å². The lowest BCUT2D eigenvalue weighted by molar-refractivity contribution is -0.385.